The maximum absolute atomic E-state index is 13.7. The minimum Gasteiger partial charge on any atom is -0.447 e. The van der Waals surface area contributed by atoms with Crippen LogP contribution >= 0.6 is 0 Å². The van der Waals surface area contributed by atoms with Crippen LogP contribution in [0.5, 0.6) is 5.75 Å². The van der Waals surface area contributed by atoms with Crippen molar-refractivity contribution in [1.82, 2.24) is 29.4 Å². The van der Waals surface area contributed by atoms with Gasteiger partial charge in [-0.3, -0.25) is 0 Å². The van der Waals surface area contributed by atoms with Crippen LogP contribution in [0.15, 0.2) is 35.4 Å². The van der Waals surface area contributed by atoms with E-state index in [1.54, 1.807) is 38.1 Å². The zero-order valence-corrected chi connectivity index (χ0v) is 44.6. The highest BCUT2D eigenvalue weighted by atomic mass is 16.7. The molecule has 1 aliphatic carbocycles. The fourth-order valence-corrected chi connectivity index (χ4v) is 7.72. The second-order valence-electron chi connectivity index (χ2n) is 19.1. The molecule has 2 heterocycles. The number of carbonyl (C=O) groups excluding carboxylic acids is 6. The molecule has 30 nitrogen and oxygen atoms in total. The molecule has 0 aromatic heterocycles. The number of nitrogens with zero attached hydrogens (tertiary/aromatic N) is 6. The van der Waals surface area contributed by atoms with Crippen molar-refractivity contribution >= 4 is 36.6 Å². The van der Waals surface area contributed by atoms with Crippen molar-refractivity contribution < 1.29 is 118 Å². The van der Waals surface area contributed by atoms with Gasteiger partial charge in [0.1, 0.15) is 87.6 Å². The van der Waals surface area contributed by atoms with Crippen LogP contribution in [0, 0.1) is 12.8 Å². The Bertz CT molecular complexity index is 2170. The standard InChI is InChI=1S/C48H74N6O24/c1-25-15-27(19-55)33(56)28(16-25)20-71-43(65)51(5)13-14-54(8)48(70)78-40-29(21-72-44(66)49(3)9-11-52(6)46(68)74-23-31-34(57)36(59)38(61)41(63)76-31)17-26(2)18-30(40)22-73-45(67)50(4)10-12-53(7)47(69)75-24-32-35(58)37(60)39(62)42(64)77-32/h15-18,27,31-39,41-42,55-64H,9-14,19-24H2,1-8H3/t27?,31?,32?,33?,34-,35-,36+,37+,38?,39?,41-,42-/m1/s1. The highest BCUT2D eigenvalue weighted by molar-refractivity contribution is 5.73. The molecule has 2 saturated heterocycles. The predicted molar refractivity (Wildman–Crippen MR) is 264 cm³/mol. The molecule has 78 heavy (non-hydrogen) atoms. The number of benzene rings is 1. The van der Waals surface area contributed by atoms with E-state index >= 15 is 0 Å². The maximum Gasteiger partial charge on any atom is 0.415 e. The van der Waals surface area contributed by atoms with Gasteiger partial charge in [0.25, 0.3) is 0 Å². The summed E-state index contributed by atoms with van der Waals surface area (Å²) in [6, 6.07) is 3.10. The molecule has 1 aromatic carbocycles. The molecule has 1 aromatic rings. The van der Waals surface area contributed by atoms with Gasteiger partial charge in [-0.2, -0.15) is 0 Å². The minimum absolute atomic E-state index is 0.0553. The molecule has 2 aliphatic heterocycles. The normalized spacial score (nSPS) is 25.8. The van der Waals surface area contributed by atoms with Gasteiger partial charge < -0.3 is 118 Å². The van der Waals surface area contributed by atoms with E-state index in [-0.39, 0.29) is 69.4 Å². The number of allylic oxidation sites excluding steroid dienone is 2. The molecule has 12 atom stereocenters. The Morgan fingerprint density at radius 2 is 0.833 bits per heavy atom. The van der Waals surface area contributed by atoms with Crippen LogP contribution < -0.4 is 4.74 Å². The van der Waals surface area contributed by atoms with E-state index in [0.717, 1.165) is 30.1 Å². The molecule has 0 bridgehead atoms. The van der Waals surface area contributed by atoms with Gasteiger partial charge in [0.15, 0.2) is 12.6 Å². The summed E-state index contributed by atoms with van der Waals surface area (Å²) in [6.07, 6.45) is -19.9. The van der Waals surface area contributed by atoms with E-state index in [4.69, 9.17) is 37.9 Å². The lowest BCUT2D eigenvalue weighted by atomic mass is 9.89. The Morgan fingerprint density at radius 1 is 0.487 bits per heavy atom. The molecule has 3 aliphatic rings. The molecular formula is C48H74N6O24. The second kappa shape index (κ2) is 29.7. The van der Waals surface area contributed by atoms with E-state index in [2.05, 4.69) is 0 Å². The van der Waals surface area contributed by atoms with Crippen molar-refractivity contribution in [3.63, 3.8) is 0 Å². The van der Waals surface area contributed by atoms with E-state index in [9.17, 15) is 79.8 Å². The molecule has 440 valence electrons. The summed E-state index contributed by atoms with van der Waals surface area (Å²) < 4.78 is 42.7. The lowest BCUT2D eigenvalue weighted by Gasteiger charge is -2.38. The summed E-state index contributed by atoms with van der Waals surface area (Å²) in [5.74, 6) is -0.719. The Kier molecular flexibility index (Phi) is 24.5. The van der Waals surface area contributed by atoms with Gasteiger partial charge in [-0.1, -0.05) is 23.3 Å². The topological polar surface area (TPSA) is 398 Å². The zero-order valence-electron chi connectivity index (χ0n) is 44.6. The van der Waals surface area contributed by atoms with Gasteiger partial charge in [0, 0.05) is 98.6 Å². The van der Waals surface area contributed by atoms with Gasteiger partial charge in [0.2, 0.25) is 0 Å². The van der Waals surface area contributed by atoms with Crippen molar-refractivity contribution in [2.24, 2.45) is 5.92 Å². The molecule has 30 heteroatoms. The molecule has 0 radical (unpaired) electrons. The quantitative estimate of drug-likeness (QED) is 0.0557. The number of hydrogen-bond acceptors (Lipinski definition) is 24. The highest BCUT2D eigenvalue weighted by Gasteiger charge is 2.45. The third kappa shape index (κ3) is 17.9. The molecule has 10 N–H and O–H groups in total. The number of aliphatic hydroxyl groups is 10. The summed E-state index contributed by atoms with van der Waals surface area (Å²) >= 11 is 0. The minimum atomic E-state index is -1.84. The van der Waals surface area contributed by atoms with Crippen LogP contribution in [-0.4, -0.2) is 293 Å². The van der Waals surface area contributed by atoms with Crippen LogP contribution in [0.3, 0.4) is 0 Å². The second-order valence-corrected chi connectivity index (χ2v) is 19.1. The van der Waals surface area contributed by atoms with Gasteiger partial charge in [0.05, 0.1) is 12.7 Å². The van der Waals surface area contributed by atoms with Crippen LogP contribution in [-0.2, 0) is 46.4 Å². The third-order valence-electron chi connectivity index (χ3n) is 12.8. The van der Waals surface area contributed by atoms with Gasteiger partial charge in [-0.25, -0.2) is 28.8 Å². The molecule has 0 spiro atoms. The van der Waals surface area contributed by atoms with Crippen molar-refractivity contribution in [3.8, 4) is 5.75 Å². The number of carbonyl (C=O) groups is 6. The maximum atomic E-state index is 13.7. The third-order valence-corrected chi connectivity index (χ3v) is 12.8. The van der Waals surface area contributed by atoms with E-state index in [1.165, 1.54) is 47.2 Å². The van der Waals surface area contributed by atoms with Gasteiger partial charge in [-0.05, 0) is 31.6 Å². The summed E-state index contributed by atoms with van der Waals surface area (Å²) in [5.41, 5.74) is 2.01. The molecule has 4 rings (SSSR count). The monoisotopic (exact) mass is 1120 g/mol. The first-order valence-electron chi connectivity index (χ1n) is 24.5. The van der Waals surface area contributed by atoms with Crippen LogP contribution in [0.25, 0.3) is 0 Å². The number of likely N-dealkylation sites (N-methyl/N-ethyl adjacent to an activating group) is 6. The fourth-order valence-electron chi connectivity index (χ4n) is 7.72. The van der Waals surface area contributed by atoms with Crippen LogP contribution in [0.4, 0.5) is 28.8 Å². The average molecular weight is 1120 g/mol. The smallest absolute Gasteiger partial charge is 0.415 e. The van der Waals surface area contributed by atoms with Crippen LogP contribution in [0.2, 0.25) is 0 Å². The first-order valence-corrected chi connectivity index (χ1v) is 24.5. The Morgan fingerprint density at radius 3 is 1.21 bits per heavy atom. The zero-order chi connectivity index (χ0) is 58.3. The Hall–Kier alpha value is -6.16. The number of hydrogen-bond donors (Lipinski definition) is 10. The van der Waals surface area contributed by atoms with Gasteiger partial charge >= 0.3 is 36.6 Å². The average Bonchev–Trinajstić information content (AvgIpc) is 3.41. The first kappa shape index (κ1) is 64.4. The lowest BCUT2D eigenvalue weighted by Crippen LogP contribution is -2.58. The van der Waals surface area contributed by atoms with Crippen molar-refractivity contribution in [2.45, 2.75) is 94.6 Å². The molecule has 6 amide bonds. The molecule has 6 unspecified atom stereocenters. The summed E-state index contributed by atoms with van der Waals surface area (Å²) in [5, 5.41) is 99.2. The number of aryl methyl sites for hydroxylation is 1. The Labute approximate surface area is 449 Å². The predicted octanol–water partition coefficient (Wildman–Crippen LogP) is -2.78. The largest absolute Gasteiger partial charge is 0.447 e. The highest BCUT2D eigenvalue weighted by Crippen LogP contribution is 2.30. The van der Waals surface area contributed by atoms with E-state index in [0.29, 0.717) is 11.1 Å². The molecule has 2 fully saturated rings. The number of aliphatic hydroxyl groups excluding tert-OH is 10. The lowest BCUT2D eigenvalue weighted by molar-refractivity contribution is -0.286. The summed E-state index contributed by atoms with van der Waals surface area (Å²) in [4.78, 5) is 85.3. The SMILES string of the molecule is CC1=CC(CO)C(O)C(COC(=O)N(C)CCN(C)C(=O)Oc2c(COC(=O)N(C)CCN(C)C(=O)OCC3O[C@@H](O)C(O)[C@@H](O)[C@@H]3O)cc(C)cc2COC(=O)N(C)CCN(C)C(=O)OCC2O[C@@H](O)C(O)[C@@H](O)[C@@H]2O)=C1. The van der Waals surface area contributed by atoms with Crippen molar-refractivity contribution in [1.29, 1.82) is 0 Å². The molecular weight excluding hydrogens is 1040 g/mol. The van der Waals surface area contributed by atoms with Crippen molar-refractivity contribution in [2.75, 3.05) is 108 Å². The number of amides is 6. The van der Waals surface area contributed by atoms with Crippen molar-refractivity contribution in [3.05, 3.63) is 52.1 Å². The summed E-state index contributed by atoms with van der Waals surface area (Å²) in [6.45, 7) is 0.117. The van der Waals surface area contributed by atoms with Gasteiger partial charge in [-0.15, -0.1) is 0 Å². The molecule has 0 saturated carbocycles. The number of ether oxygens (including phenoxy) is 8. The van der Waals surface area contributed by atoms with Crippen LogP contribution in [0.1, 0.15) is 23.6 Å². The fraction of sp³-hybridized carbons (Fsp3) is 0.667. The summed E-state index contributed by atoms with van der Waals surface area (Å²) in [7, 11) is 8.23. The Balaban J connectivity index is 1.39. The van der Waals surface area contributed by atoms with E-state index < -0.39 is 136 Å². The first-order chi connectivity index (χ1) is 36.6. The number of rotatable bonds is 21. The van der Waals surface area contributed by atoms with E-state index in [1.807, 2.05) is 0 Å².